The number of sulfonamides is 1. The third kappa shape index (κ3) is 3.80. The SMILES string of the molecule is CN(CC1CCCCC1)S(=O)(=O)c1ccc2c(c1)OCCCO2. The third-order valence-corrected chi connectivity index (χ3v) is 6.49. The number of benzene rings is 1. The fourth-order valence-electron chi connectivity index (χ4n) is 3.32. The van der Waals surface area contributed by atoms with Gasteiger partial charge in [-0.1, -0.05) is 19.3 Å². The first-order valence-electron chi connectivity index (χ1n) is 8.43. The van der Waals surface area contributed by atoms with Crippen LogP contribution >= 0.6 is 0 Å². The second-order valence-electron chi connectivity index (χ2n) is 6.45. The Labute approximate surface area is 138 Å². The van der Waals surface area contributed by atoms with E-state index in [4.69, 9.17) is 9.47 Å². The summed E-state index contributed by atoms with van der Waals surface area (Å²) in [4.78, 5) is 0.278. The van der Waals surface area contributed by atoms with E-state index >= 15 is 0 Å². The van der Waals surface area contributed by atoms with Gasteiger partial charge in [0.15, 0.2) is 11.5 Å². The Morgan fingerprint density at radius 3 is 2.48 bits per heavy atom. The van der Waals surface area contributed by atoms with Crippen molar-refractivity contribution in [2.45, 2.75) is 43.4 Å². The van der Waals surface area contributed by atoms with E-state index in [0.717, 1.165) is 19.3 Å². The predicted molar refractivity (Wildman–Crippen MR) is 88.4 cm³/mol. The fraction of sp³-hybridized carbons (Fsp3) is 0.647. The van der Waals surface area contributed by atoms with Crippen molar-refractivity contribution in [2.75, 3.05) is 26.8 Å². The Kier molecular flexibility index (Phi) is 5.11. The van der Waals surface area contributed by atoms with Crippen LogP contribution in [0.3, 0.4) is 0 Å². The van der Waals surface area contributed by atoms with Gasteiger partial charge >= 0.3 is 0 Å². The molecule has 128 valence electrons. The molecule has 1 heterocycles. The lowest BCUT2D eigenvalue weighted by Gasteiger charge is -2.26. The zero-order valence-corrected chi connectivity index (χ0v) is 14.5. The molecule has 0 spiro atoms. The summed E-state index contributed by atoms with van der Waals surface area (Å²) in [6.07, 6.45) is 6.75. The average molecular weight is 339 g/mol. The smallest absolute Gasteiger partial charge is 0.242 e. The van der Waals surface area contributed by atoms with E-state index in [1.54, 1.807) is 25.2 Å². The summed E-state index contributed by atoms with van der Waals surface area (Å²) in [6.45, 7) is 1.74. The predicted octanol–water partition coefficient (Wildman–Crippen LogP) is 3.05. The highest BCUT2D eigenvalue weighted by atomic mass is 32.2. The highest BCUT2D eigenvalue weighted by molar-refractivity contribution is 7.89. The van der Waals surface area contributed by atoms with Crippen LogP contribution in [0.5, 0.6) is 11.5 Å². The molecule has 1 aromatic carbocycles. The molecule has 0 radical (unpaired) electrons. The van der Waals surface area contributed by atoms with Gasteiger partial charge in [0.2, 0.25) is 10.0 Å². The van der Waals surface area contributed by atoms with Gasteiger partial charge in [0.25, 0.3) is 0 Å². The summed E-state index contributed by atoms with van der Waals surface area (Å²) >= 11 is 0. The molecule has 0 amide bonds. The van der Waals surface area contributed by atoms with Crippen molar-refractivity contribution in [3.05, 3.63) is 18.2 Å². The number of fused-ring (bicyclic) bond motifs is 1. The fourth-order valence-corrected chi connectivity index (χ4v) is 4.58. The van der Waals surface area contributed by atoms with Gasteiger partial charge in [-0.25, -0.2) is 12.7 Å². The summed E-state index contributed by atoms with van der Waals surface area (Å²) in [5, 5.41) is 0. The maximum Gasteiger partial charge on any atom is 0.242 e. The third-order valence-electron chi connectivity index (χ3n) is 4.67. The minimum atomic E-state index is -3.49. The minimum Gasteiger partial charge on any atom is -0.490 e. The first-order chi connectivity index (χ1) is 11.1. The standard InChI is InChI=1S/C17H25NO4S/c1-18(13-14-6-3-2-4-7-14)23(19,20)15-8-9-16-17(12-15)22-11-5-10-21-16/h8-9,12,14H,2-7,10-11,13H2,1H3. The number of hydrogen-bond acceptors (Lipinski definition) is 4. The Morgan fingerprint density at radius 1 is 1.04 bits per heavy atom. The van der Waals surface area contributed by atoms with Crippen molar-refractivity contribution in [1.82, 2.24) is 4.31 Å². The largest absolute Gasteiger partial charge is 0.490 e. The molecule has 1 aromatic rings. The van der Waals surface area contributed by atoms with E-state index in [1.165, 1.54) is 23.6 Å². The molecular formula is C17H25NO4S. The van der Waals surface area contributed by atoms with Crippen LogP contribution in [-0.4, -0.2) is 39.5 Å². The van der Waals surface area contributed by atoms with Crippen molar-refractivity contribution >= 4 is 10.0 Å². The van der Waals surface area contributed by atoms with E-state index < -0.39 is 10.0 Å². The van der Waals surface area contributed by atoms with Crippen LogP contribution in [0.1, 0.15) is 38.5 Å². The van der Waals surface area contributed by atoms with Crippen LogP contribution < -0.4 is 9.47 Å². The molecule has 0 aromatic heterocycles. The van der Waals surface area contributed by atoms with Gasteiger partial charge in [0.05, 0.1) is 18.1 Å². The van der Waals surface area contributed by atoms with Crippen molar-refractivity contribution in [3.63, 3.8) is 0 Å². The van der Waals surface area contributed by atoms with Crippen LogP contribution in [0.4, 0.5) is 0 Å². The van der Waals surface area contributed by atoms with Crippen LogP contribution in [0.15, 0.2) is 23.1 Å². The highest BCUT2D eigenvalue weighted by Crippen LogP contribution is 2.33. The quantitative estimate of drug-likeness (QED) is 0.846. The van der Waals surface area contributed by atoms with Gasteiger partial charge in [-0.05, 0) is 30.9 Å². The van der Waals surface area contributed by atoms with E-state index in [9.17, 15) is 8.42 Å². The molecule has 0 N–H and O–H groups in total. The zero-order chi connectivity index (χ0) is 16.3. The Morgan fingerprint density at radius 2 is 1.74 bits per heavy atom. The summed E-state index contributed by atoms with van der Waals surface area (Å²) in [5.41, 5.74) is 0. The topological polar surface area (TPSA) is 55.8 Å². The molecule has 0 saturated heterocycles. The minimum absolute atomic E-state index is 0.278. The number of hydrogen-bond donors (Lipinski definition) is 0. The Bertz CT molecular complexity index is 638. The molecule has 0 unspecified atom stereocenters. The second-order valence-corrected chi connectivity index (χ2v) is 8.49. The van der Waals surface area contributed by atoms with E-state index in [-0.39, 0.29) is 4.90 Å². The van der Waals surface area contributed by atoms with E-state index in [2.05, 4.69) is 0 Å². The molecule has 3 rings (SSSR count). The molecule has 1 fully saturated rings. The zero-order valence-electron chi connectivity index (χ0n) is 13.7. The molecule has 23 heavy (non-hydrogen) atoms. The summed E-state index contributed by atoms with van der Waals surface area (Å²) < 4.78 is 38.3. The van der Waals surface area contributed by atoms with Crippen LogP contribution in [-0.2, 0) is 10.0 Å². The van der Waals surface area contributed by atoms with Gasteiger partial charge in [0, 0.05) is 26.1 Å². The first kappa shape index (κ1) is 16.6. The number of ether oxygens (including phenoxy) is 2. The van der Waals surface area contributed by atoms with Crippen molar-refractivity contribution in [1.29, 1.82) is 0 Å². The molecule has 5 nitrogen and oxygen atoms in total. The molecule has 1 aliphatic carbocycles. The van der Waals surface area contributed by atoms with Crippen molar-refractivity contribution in [3.8, 4) is 11.5 Å². The van der Waals surface area contributed by atoms with E-state index in [0.29, 0.717) is 37.2 Å². The Balaban J connectivity index is 1.77. The Hall–Kier alpha value is -1.27. The van der Waals surface area contributed by atoms with Crippen LogP contribution in [0.25, 0.3) is 0 Å². The molecule has 2 aliphatic rings. The average Bonchev–Trinajstić information content (AvgIpc) is 2.80. The first-order valence-corrected chi connectivity index (χ1v) is 9.87. The molecule has 0 atom stereocenters. The van der Waals surface area contributed by atoms with Crippen LogP contribution in [0, 0.1) is 5.92 Å². The maximum atomic E-state index is 12.8. The maximum absolute atomic E-state index is 12.8. The summed E-state index contributed by atoms with van der Waals surface area (Å²) in [6, 6.07) is 4.90. The highest BCUT2D eigenvalue weighted by Gasteiger charge is 2.26. The van der Waals surface area contributed by atoms with Gasteiger partial charge < -0.3 is 9.47 Å². The second kappa shape index (κ2) is 7.09. The van der Waals surface area contributed by atoms with E-state index in [1.807, 2.05) is 0 Å². The lowest BCUT2D eigenvalue weighted by atomic mass is 9.89. The lowest BCUT2D eigenvalue weighted by Crippen LogP contribution is -2.32. The molecule has 1 aliphatic heterocycles. The molecular weight excluding hydrogens is 314 g/mol. The van der Waals surface area contributed by atoms with Gasteiger partial charge in [-0.2, -0.15) is 0 Å². The molecule has 0 bridgehead atoms. The van der Waals surface area contributed by atoms with Crippen LogP contribution in [0.2, 0.25) is 0 Å². The number of nitrogens with zero attached hydrogens (tertiary/aromatic N) is 1. The number of rotatable bonds is 4. The van der Waals surface area contributed by atoms with Gasteiger partial charge in [0.1, 0.15) is 0 Å². The normalized spacial score (nSPS) is 19.6. The van der Waals surface area contributed by atoms with Crippen molar-refractivity contribution in [2.24, 2.45) is 5.92 Å². The molecule has 6 heteroatoms. The summed E-state index contributed by atoms with van der Waals surface area (Å²) in [5.74, 6) is 1.62. The van der Waals surface area contributed by atoms with Crippen molar-refractivity contribution < 1.29 is 17.9 Å². The van der Waals surface area contributed by atoms with Gasteiger partial charge in [-0.15, -0.1) is 0 Å². The monoisotopic (exact) mass is 339 g/mol. The lowest BCUT2D eigenvalue weighted by molar-refractivity contribution is 0.296. The molecule has 1 saturated carbocycles. The van der Waals surface area contributed by atoms with Gasteiger partial charge in [-0.3, -0.25) is 0 Å². The summed E-state index contributed by atoms with van der Waals surface area (Å²) in [7, 11) is -1.81.